The molecule has 0 saturated heterocycles. The summed E-state index contributed by atoms with van der Waals surface area (Å²) in [7, 11) is 1.61. The van der Waals surface area contributed by atoms with Gasteiger partial charge in [-0.3, -0.25) is 4.79 Å². The second-order valence-corrected chi connectivity index (χ2v) is 4.84. The molecule has 1 saturated carbocycles. The first kappa shape index (κ1) is 13.7. The Hall–Kier alpha value is -1.73. The molecule has 1 aromatic rings. The van der Waals surface area contributed by atoms with Crippen molar-refractivity contribution in [2.45, 2.75) is 18.9 Å². The van der Waals surface area contributed by atoms with Crippen LogP contribution in [0.3, 0.4) is 0 Å². The standard InChI is InChI=1S/C12H17FN4O2/c1-17(6-7-4-8(18)5-7)12(19)9-2-3-15-11(16-14)10(9)13/h2-3,7-8,18H,4-6,14H2,1H3,(H,15,16). The molecule has 0 radical (unpaired) electrons. The molecular formula is C12H17FN4O2. The van der Waals surface area contributed by atoms with Crippen LogP contribution in [0.2, 0.25) is 0 Å². The fourth-order valence-corrected chi connectivity index (χ4v) is 2.23. The fraction of sp³-hybridized carbons (Fsp3) is 0.500. The topological polar surface area (TPSA) is 91.5 Å². The maximum absolute atomic E-state index is 13.9. The van der Waals surface area contributed by atoms with E-state index in [9.17, 15) is 14.3 Å². The maximum atomic E-state index is 13.9. The maximum Gasteiger partial charge on any atom is 0.256 e. The zero-order valence-corrected chi connectivity index (χ0v) is 10.6. The number of hydrogen-bond donors (Lipinski definition) is 3. The summed E-state index contributed by atoms with van der Waals surface area (Å²) in [5.74, 6) is 4.07. The van der Waals surface area contributed by atoms with Gasteiger partial charge in [0.05, 0.1) is 11.7 Å². The van der Waals surface area contributed by atoms with Crippen molar-refractivity contribution in [3.05, 3.63) is 23.6 Å². The lowest BCUT2D eigenvalue weighted by atomic mass is 9.82. The van der Waals surface area contributed by atoms with Gasteiger partial charge in [0, 0.05) is 19.8 Å². The van der Waals surface area contributed by atoms with Gasteiger partial charge < -0.3 is 15.4 Å². The Bertz CT molecular complexity index is 477. The minimum Gasteiger partial charge on any atom is -0.393 e. The molecule has 4 N–H and O–H groups in total. The van der Waals surface area contributed by atoms with Crippen LogP contribution in [0, 0.1) is 11.7 Å². The summed E-state index contributed by atoms with van der Waals surface area (Å²) in [5.41, 5.74) is 2.04. The van der Waals surface area contributed by atoms with Gasteiger partial charge in [-0.15, -0.1) is 0 Å². The SMILES string of the molecule is CN(CC1CC(O)C1)C(=O)c1ccnc(NN)c1F. The largest absolute Gasteiger partial charge is 0.393 e. The molecule has 6 nitrogen and oxygen atoms in total. The van der Waals surface area contributed by atoms with E-state index in [1.807, 2.05) is 0 Å². The highest BCUT2D eigenvalue weighted by Gasteiger charge is 2.30. The molecule has 0 aromatic carbocycles. The van der Waals surface area contributed by atoms with Crippen LogP contribution in [0.4, 0.5) is 10.2 Å². The third-order valence-electron chi connectivity index (χ3n) is 3.35. The number of amides is 1. The van der Waals surface area contributed by atoms with E-state index < -0.39 is 11.7 Å². The number of aromatic nitrogens is 1. The average Bonchev–Trinajstić information content (AvgIpc) is 2.36. The minimum absolute atomic E-state index is 0.0645. The third-order valence-corrected chi connectivity index (χ3v) is 3.35. The Morgan fingerprint density at radius 2 is 2.37 bits per heavy atom. The summed E-state index contributed by atoms with van der Waals surface area (Å²) in [6.07, 6.45) is 2.43. The van der Waals surface area contributed by atoms with Gasteiger partial charge in [0.2, 0.25) is 0 Å². The zero-order chi connectivity index (χ0) is 14.0. The summed E-state index contributed by atoms with van der Waals surface area (Å²) in [4.78, 5) is 17.3. The number of nitrogens with one attached hydrogen (secondary N) is 1. The van der Waals surface area contributed by atoms with Crippen molar-refractivity contribution in [2.24, 2.45) is 11.8 Å². The highest BCUT2D eigenvalue weighted by molar-refractivity contribution is 5.95. The number of pyridine rings is 1. The Morgan fingerprint density at radius 3 is 2.95 bits per heavy atom. The molecule has 0 atom stereocenters. The summed E-state index contributed by atoms with van der Waals surface area (Å²) in [6, 6.07) is 1.32. The van der Waals surface area contributed by atoms with Gasteiger partial charge in [-0.2, -0.15) is 0 Å². The molecule has 0 spiro atoms. The van der Waals surface area contributed by atoms with Gasteiger partial charge in [0.15, 0.2) is 11.6 Å². The van der Waals surface area contributed by atoms with Gasteiger partial charge in [-0.05, 0) is 24.8 Å². The van der Waals surface area contributed by atoms with Crippen molar-refractivity contribution < 1.29 is 14.3 Å². The molecule has 0 unspecified atom stereocenters. The van der Waals surface area contributed by atoms with Crippen LogP contribution >= 0.6 is 0 Å². The number of carbonyl (C=O) groups excluding carboxylic acids is 1. The number of aliphatic hydroxyl groups excluding tert-OH is 1. The van der Waals surface area contributed by atoms with Crippen molar-refractivity contribution in [3.63, 3.8) is 0 Å². The van der Waals surface area contributed by atoms with Crippen LogP contribution in [0.25, 0.3) is 0 Å². The molecule has 1 aromatic heterocycles. The van der Waals surface area contributed by atoms with Gasteiger partial charge in [-0.1, -0.05) is 0 Å². The summed E-state index contributed by atoms with van der Waals surface area (Å²) in [6.45, 7) is 0.503. The first-order valence-electron chi connectivity index (χ1n) is 6.07. The van der Waals surface area contributed by atoms with E-state index in [1.165, 1.54) is 17.2 Å². The lowest BCUT2D eigenvalue weighted by molar-refractivity contribution is 0.0264. The average molecular weight is 268 g/mol. The van der Waals surface area contributed by atoms with Crippen LogP contribution in [0.5, 0.6) is 0 Å². The van der Waals surface area contributed by atoms with E-state index >= 15 is 0 Å². The molecular weight excluding hydrogens is 251 g/mol. The van der Waals surface area contributed by atoms with Crippen molar-refractivity contribution in [3.8, 4) is 0 Å². The molecule has 0 bridgehead atoms. The number of rotatable bonds is 4. The van der Waals surface area contributed by atoms with E-state index in [0.717, 1.165) is 0 Å². The van der Waals surface area contributed by atoms with Crippen LogP contribution in [-0.2, 0) is 0 Å². The summed E-state index contributed by atoms with van der Waals surface area (Å²) in [5, 5.41) is 9.21. The zero-order valence-electron chi connectivity index (χ0n) is 10.6. The summed E-state index contributed by atoms with van der Waals surface area (Å²) < 4.78 is 13.9. The first-order valence-corrected chi connectivity index (χ1v) is 6.07. The van der Waals surface area contributed by atoms with Gasteiger partial charge in [-0.25, -0.2) is 15.2 Å². The highest BCUT2D eigenvalue weighted by Crippen LogP contribution is 2.28. The van der Waals surface area contributed by atoms with Crippen LogP contribution in [0.1, 0.15) is 23.2 Å². The molecule has 1 heterocycles. The first-order chi connectivity index (χ1) is 9.02. The third kappa shape index (κ3) is 2.82. The van der Waals surface area contributed by atoms with E-state index in [4.69, 9.17) is 5.84 Å². The predicted molar refractivity (Wildman–Crippen MR) is 67.7 cm³/mol. The number of nitrogens with zero attached hydrogens (tertiary/aromatic N) is 2. The Labute approximate surface area is 110 Å². The molecule has 0 aliphatic heterocycles. The lowest BCUT2D eigenvalue weighted by Crippen LogP contribution is -2.39. The van der Waals surface area contributed by atoms with Crippen LogP contribution in [-0.4, -0.2) is 40.6 Å². The van der Waals surface area contributed by atoms with Crippen molar-refractivity contribution in [1.29, 1.82) is 0 Å². The lowest BCUT2D eigenvalue weighted by Gasteiger charge is -2.34. The Morgan fingerprint density at radius 1 is 1.68 bits per heavy atom. The van der Waals surface area contributed by atoms with Crippen LogP contribution in [0.15, 0.2) is 12.3 Å². The molecule has 2 rings (SSSR count). The second kappa shape index (κ2) is 5.50. The number of carbonyl (C=O) groups is 1. The smallest absolute Gasteiger partial charge is 0.256 e. The molecule has 1 aliphatic rings. The number of hydrazine groups is 1. The molecule has 104 valence electrons. The number of hydrogen-bond acceptors (Lipinski definition) is 5. The van der Waals surface area contributed by atoms with Crippen molar-refractivity contribution >= 4 is 11.7 Å². The highest BCUT2D eigenvalue weighted by atomic mass is 19.1. The monoisotopic (exact) mass is 268 g/mol. The van der Waals surface area contributed by atoms with E-state index in [1.54, 1.807) is 7.05 Å². The number of aliphatic hydroxyl groups is 1. The van der Waals surface area contributed by atoms with Gasteiger partial charge in [0.1, 0.15) is 0 Å². The van der Waals surface area contributed by atoms with Crippen molar-refractivity contribution in [2.75, 3.05) is 19.0 Å². The molecule has 1 aliphatic carbocycles. The summed E-state index contributed by atoms with van der Waals surface area (Å²) >= 11 is 0. The van der Waals surface area contributed by atoms with E-state index in [0.29, 0.717) is 19.4 Å². The number of nitrogens with two attached hydrogens (primary N) is 1. The Kier molecular flexibility index (Phi) is 3.96. The number of halogens is 1. The quantitative estimate of drug-likeness (QED) is 0.541. The molecule has 7 heteroatoms. The van der Waals surface area contributed by atoms with Gasteiger partial charge >= 0.3 is 0 Å². The molecule has 1 amide bonds. The predicted octanol–water partition coefficient (Wildman–Crippen LogP) is 0.349. The van der Waals surface area contributed by atoms with E-state index in [2.05, 4.69) is 10.4 Å². The van der Waals surface area contributed by atoms with E-state index in [-0.39, 0.29) is 23.4 Å². The Balaban J connectivity index is 2.06. The fourth-order valence-electron chi connectivity index (χ4n) is 2.23. The molecule has 1 fully saturated rings. The normalized spacial score (nSPS) is 21.7. The number of anilines is 1. The minimum atomic E-state index is -0.754. The number of nitrogen functional groups attached to an aromatic ring is 1. The van der Waals surface area contributed by atoms with Crippen molar-refractivity contribution in [1.82, 2.24) is 9.88 Å². The molecule has 19 heavy (non-hydrogen) atoms. The van der Waals surface area contributed by atoms with Gasteiger partial charge in [0.25, 0.3) is 5.91 Å². The second-order valence-electron chi connectivity index (χ2n) is 4.84. The van der Waals surface area contributed by atoms with Crippen LogP contribution < -0.4 is 11.3 Å².